The molecule has 2 rings (SSSR count). The fraction of sp³-hybridized carbons (Fsp3) is 0.0667. The van der Waals surface area contributed by atoms with E-state index in [9.17, 15) is 9.59 Å². The van der Waals surface area contributed by atoms with E-state index in [2.05, 4.69) is 5.32 Å². The van der Waals surface area contributed by atoms with E-state index in [-0.39, 0.29) is 5.91 Å². The Morgan fingerprint density at radius 1 is 1.19 bits per heavy atom. The largest absolute Gasteiger partial charge is 0.398 e. The van der Waals surface area contributed by atoms with Crippen molar-refractivity contribution in [3.05, 3.63) is 58.1 Å². The van der Waals surface area contributed by atoms with Gasteiger partial charge in [-0.2, -0.15) is 0 Å². The normalized spacial score (nSPS) is 10.2. The van der Waals surface area contributed by atoms with Crippen LogP contribution in [0.5, 0.6) is 0 Å². The molecule has 5 N–H and O–H groups in total. The minimum atomic E-state index is -0.542. The van der Waals surface area contributed by atoms with Crippen molar-refractivity contribution in [2.75, 3.05) is 11.1 Å². The summed E-state index contributed by atoms with van der Waals surface area (Å²) in [4.78, 5) is 23.5. The number of benzene rings is 2. The van der Waals surface area contributed by atoms with Crippen LogP contribution in [0.1, 0.15) is 26.3 Å². The van der Waals surface area contributed by atoms with E-state index in [1.807, 2.05) is 0 Å². The molecule has 108 valence electrons. The van der Waals surface area contributed by atoms with Gasteiger partial charge in [0, 0.05) is 16.8 Å². The van der Waals surface area contributed by atoms with E-state index in [1.165, 1.54) is 6.07 Å². The number of hydrogen-bond acceptors (Lipinski definition) is 3. The van der Waals surface area contributed by atoms with Gasteiger partial charge in [-0.25, -0.2) is 0 Å². The number of anilines is 2. The minimum absolute atomic E-state index is 0.326. The van der Waals surface area contributed by atoms with Crippen molar-refractivity contribution in [3.63, 3.8) is 0 Å². The van der Waals surface area contributed by atoms with Crippen molar-refractivity contribution < 1.29 is 9.59 Å². The lowest BCUT2D eigenvalue weighted by Gasteiger charge is -2.11. The maximum Gasteiger partial charge on any atom is 0.255 e. The molecular weight excluding hydrogens is 290 g/mol. The number of halogens is 1. The molecule has 0 heterocycles. The van der Waals surface area contributed by atoms with E-state index < -0.39 is 5.91 Å². The van der Waals surface area contributed by atoms with Crippen LogP contribution in [-0.4, -0.2) is 11.8 Å². The first-order valence-corrected chi connectivity index (χ1v) is 6.53. The first kappa shape index (κ1) is 14.9. The van der Waals surface area contributed by atoms with Crippen LogP contribution in [0.4, 0.5) is 11.4 Å². The third-order valence-corrected chi connectivity index (χ3v) is 3.45. The minimum Gasteiger partial charge on any atom is -0.398 e. The lowest BCUT2D eigenvalue weighted by Crippen LogP contribution is -2.17. The van der Waals surface area contributed by atoms with Gasteiger partial charge in [0.15, 0.2) is 0 Å². The third kappa shape index (κ3) is 3.14. The lowest BCUT2D eigenvalue weighted by molar-refractivity contribution is 0.0995. The number of carbonyl (C=O) groups excluding carboxylic acids is 2. The van der Waals surface area contributed by atoms with Gasteiger partial charge in [-0.1, -0.05) is 17.7 Å². The number of hydrogen-bond donors (Lipinski definition) is 3. The molecule has 0 saturated heterocycles. The zero-order valence-electron chi connectivity index (χ0n) is 11.3. The molecule has 0 saturated carbocycles. The average Bonchev–Trinajstić information content (AvgIpc) is 2.43. The number of amides is 2. The maximum atomic E-state index is 12.2. The number of carbonyl (C=O) groups is 2. The zero-order chi connectivity index (χ0) is 15.6. The highest BCUT2D eigenvalue weighted by atomic mass is 35.5. The first-order chi connectivity index (χ1) is 9.90. The number of nitrogen functional groups attached to an aromatic ring is 1. The van der Waals surface area contributed by atoms with Crippen molar-refractivity contribution in [2.24, 2.45) is 5.73 Å². The molecule has 0 unspecified atom stereocenters. The van der Waals surface area contributed by atoms with E-state index >= 15 is 0 Å². The van der Waals surface area contributed by atoms with E-state index in [4.69, 9.17) is 23.1 Å². The zero-order valence-corrected chi connectivity index (χ0v) is 12.1. The van der Waals surface area contributed by atoms with Gasteiger partial charge < -0.3 is 16.8 Å². The van der Waals surface area contributed by atoms with Gasteiger partial charge >= 0.3 is 0 Å². The maximum absolute atomic E-state index is 12.2. The second-order valence-electron chi connectivity index (χ2n) is 4.53. The Hall–Kier alpha value is -2.53. The molecule has 0 aliphatic carbocycles. The summed E-state index contributed by atoms with van der Waals surface area (Å²) < 4.78 is 0. The Morgan fingerprint density at radius 3 is 2.52 bits per heavy atom. The number of nitrogens with two attached hydrogens (primary N) is 2. The fourth-order valence-electron chi connectivity index (χ4n) is 1.92. The van der Waals surface area contributed by atoms with Gasteiger partial charge in [0.1, 0.15) is 0 Å². The van der Waals surface area contributed by atoms with Crippen LogP contribution in [0.2, 0.25) is 5.02 Å². The molecule has 0 radical (unpaired) electrons. The number of rotatable bonds is 3. The highest BCUT2D eigenvalue weighted by molar-refractivity contribution is 6.33. The average molecular weight is 304 g/mol. The molecular formula is C15H14ClN3O2. The van der Waals surface area contributed by atoms with Crippen LogP contribution in [0, 0.1) is 6.92 Å². The third-order valence-electron chi connectivity index (χ3n) is 3.11. The molecule has 0 aliphatic heterocycles. The predicted molar refractivity (Wildman–Crippen MR) is 83.5 cm³/mol. The Bertz CT molecular complexity index is 729. The standard InChI is InChI=1S/C15H14ClN3O2/c1-8-10(14(18)20)3-2-4-13(8)19-15(21)9-5-6-11(16)12(17)7-9/h2-7H,17H2,1H3,(H2,18,20)(H,19,21). The lowest BCUT2D eigenvalue weighted by atomic mass is 10.1. The first-order valence-electron chi connectivity index (χ1n) is 6.16. The van der Waals surface area contributed by atoms with Crippen LogP contribution < -0.4 is 16.8 Å². The molecule has 6 heteroatoms. The summed E-state index contributed by atoms with van der Waals surface area (Å²) in [5, 5.41) is 3.11. The molecule has 5 nitrogen and oxygen atoms in total. The second-order valence-corrected chi connectivity index (χ2v) is 4.94. The van der Waals surface area contributed by atoms with E-state index in [0.717, 1.165) is 0 Å². The Morgan fingerprint density at radius 2 is 1.90 bits per heavy atom. The predicted octanol–water partition coefficient (Wildman–Crippen LogP) is 2.58. The number of primary amides is 1. The topological polar surface area (TPSA) is 98.2 Å². The molecule has 0 spiro atoms. The van der Waals surface area contributed by atoms with Gasteiger partial charge in [-0.15, -0.1) is 0 Å². The van der Waals surface area contributed by atoms with Crippen LogP contribution in [0.3, 0.4) is 0 Å². The Balaban J connectivity index is 2.29. The van der Waals surface area contributed by atoms with E-state index in [0.29, 0.717) is 33.1 Å². The quantitative estimate of drug-likeness (QED) is 0.760. The summed E-state index contributed by atoms with van der Waals surface area (Å²) in [6, 6.07) is 9.57. The van der Waals surface area contributed by atoms with E-state index in [1.54, 1.807) is 37.3 Å². The van der Waals surface area contributed by atoms with Crippen LogP contribution in [0.15, 0.2) is 36.4 Å². The Kier molecular flexibility index (Phi) is 4.14. The van der Waals surface area contributed by atoms with Crippen molar-refractivity contribution in [2.45, 2.75) is 6.92 Å². The second kappa shape index (κ2) is 5.85. The molecule has 0 fully saturated rings. The highest BCUT2D eigenvalue weighted by Crippen LogP contribution is 2.22. The smallest absolute Gasteiger partial charge is 0.255 e. The van der Waals surface area contributed by atoms with Crippen LogP contribution >= 0.6 is 11.6 Å². The molecule has 0 aliphatic rings. The number of nitrogens with one attached hydrogen (secondary N) is 1. The molecule has 2 aromatic rings. The summed E-state index contributed by atoms with van der Waals surface area (Å²) in [5.41, 5.74) is 13.1. The summed E-state index contributed by atoms with van der Waals surface area (Å²) in [6.45, 7) is 1.71. The van der Waals surface area contributed by atoms with Gasteiger partial charge in [0.2, 0.25) is 5.91 Å². The monoisotopic (exact) mass is 303 g/mol. The molecule has 0 atom stereocenters. The van der Waals surface area contributed by atoms with Crippen molar-refractivity contribution in [1.29, 1.82) is 0 Å². The highest BCUT2D eigenvalue weighted by Gasteiger charge is 2.12. The Labute approximate surface area is 126 Å². The fourth-order valence-corrected chi connectivity index (χ4v) is 2.04. The van der Waals surface area contributed by atoms with Crippen LogP contribution in [-0.2, 0) is 0 Å². The summed E-state index contributed by atoms with van der Waals surface area (Å²) >= 11 is 5.82. The molecule has 2 aromatic carbocycles. The summed E-state index contributed by atoms with van der Waals surface area (Å²) in [7, 11) is 0. The van der Waals surface area contributed by atoms with Crippen molar-refractivity contribution >= 4 is 34.8 Å². The molecule has 21 heavy (non-hydrogen) atoms. The summed E-state index contributed by atoms with van der Waals surface area (Å²) in [5.74, 6) is -0.887. The molecule has 2 amide bonds. The molecule has 0 aromatic heterocycles. The van der Waals surface area contributed by atoms with Crippen LogP contribution in [0.25, 0.3) is 0 Å². The summed E-state index contributed by atoms with van der Waals surface area (Å²) in [6.07, 6.45) is 0. The SMILES string of the molecule is Cc1c(NC(=O)c2ccc(Cl)c(N)c2)cccc1C(N)=O. The van der Waals surface area contributed by atoms with Crippen molar-refractivity contribution in [3.8, 4) is 0 Å². The van der Waals surface area contributed by atoms with Gasteiger partial charge in [-0.3, -0.25) is 9.59 Å². The van der Waals surface area contributed by atoms with Crippen molar-refractivity contribution in [1.82, 2.24) is 0 Å². The van der Waals surface area contributed by atoms with Gasteiger partial charge in [0.05, 0.1) is 10.7 Å². The van der Waals surface area contributed by atoms with Gasteiger partial charge in [0.25, 0.3) is 5.91 Å². The molecule has 0 bridgehead atoms. The van der Waals surface area contributed by atoms with Gasteiger partial charge in [-0.05, 0) is 42.8 Å².